The van der Waals surface area contributed by atoms with Gasteiger partial charge >= 0.3 is 0 Å². The summed E-state index contributed by atoms with van der Waals surface area (Å²) in [7, 11) is 0. The van der Waals surface area contributed by atoms with Gasteiger partial charge in [-0.15, -0.1) is 11.8 Å². The van der Waals surface area contributed by atoms with E-state index >= 15 is 0 Å². The molecule has 0 spiro atoms. The monoisotopic (exact) mass is 320 g/mol. The van der Waals surface area contributed by atoms with Crippen LogP contribution in [-0.4, -0.2) is 47.0 Å². The topological polar surface area (TPSA) is 58.6 Å². The molecule has 2 amide bonds. The molecule has 1 aromatic carbocycles. The van der Waals surface area contributed by atoms with Gasteiger partial charge in [0.1, 0.15) is 18.4 Å². The lowest BCUT2D eigenvalue weighted by molar-refractivity contribution is -0.132. The Hall–Kier alpha value is -1.69. The average Bonchev–Trinajstić information content (AvgIpc) is 3.10. The van der Waals surface area contributed by atoms with Crippen LogP contribution in [0.5, 0.6) is 5.75 Å². The minimum atomic E-state index is -0.0931. The highest BCUT2D eigenvalue weighted by atomic mass is 32.2. The molecule has 1 saturated heterocycles. The van der Waals surface area contributed by atoms with Crippen LogP contribution in [0.3, 0.4) is 0 Å². The number of thioether (sulfide) groups is 1. The predicted molar refractivity (Wildman–Crippen MR) is 85.7 cm³/mol. The molecule has 1 saturated carbocycles. The molecule has 0 bridgehead atoms. The summed E-state index contributed by atoms with van der Waals surface area (Å²) < 4.78 is 5.98. The highest BCUT2D eigenvalue weighted by molar-refractivity contribution is 8.00. The average molecular weight is 320 g/mol. The second kappa shape index (κ2) is 7.05. The lowest BCUT2D eigenvalue weighted by Gasteiger charge is -2.23. The first kappa shape index (κ1) is 15.2. The van der Waals surface area contributed by atoms with Gasteiger partial charge in [-0.2, -0.15) is 0 Å². The van der Waals surface area contributed by atoms with Gasteiger partial charge in [-0.25, -0.2) is 0 Å². The largest absolute Gasteiger partial charge is 0.488 e. The maximum Gasteiger partial charge on any atom is 0.240 e. The van der Waals surface area contributed by atoms with Gasteiger partial charge < -0.3 is 15.0 Å². The highest BCUT2D eigenvalue weighted by Crippen LogP contribution is 2.24. The molecule has 1 aromatic rings. The van der Waals surface area contributed by atoms with E-state index in [9.17, 15) is 9.59 Å². The lowest BCUT2D eigenvalue weighted by Crippen LogP contribution is -2.46. The lowest BCUT2D eigenvalue weighted by atomic mass is 10.2. The summed E-state index contributed by atoms with van der Waals surface area (Å²) in [6, 6.07) is 9.71. The number of ether oxygens (including phenoxy) is 1. The predicted octanol–water partition coefficient (Wildman–Crippen LogP) is 1.64. The molecule has 2 fully saturated rings. The molecule has 5 nitrogen and oxygen atoms in total. The van der Waals surface area contributed by atoms with Gasteiger partial charge in [-0.3, -0.25) is 9.59 Å². The van der Waals surface area contributed by atoms with Gasteiger partial charge in [0.15, 0.2) is 0 Å². The molecule has 6 heteroatoms. The highest BCUT2D eigenvalue weighted by Gasteiger charge is 2.31. The zero-order chi connectivity index (χ0) is 15.4. The van der Waals surface area contributed by atoms with Crippen LogP contribution in [-0.2, 0) is 9.59 Å². The van der Waals surface area contributed by atoms with E-state index in [1.165, 1.54) is 0 Å². The molecule has 1 aliphatic carbocycles. The van der Waals surface area contributed by atoms with Gasteiger partial charge in [0.25, 0.3) is 0 Å². The van der Waals surface area contributed by atoms with E-state index in [-0.39, 0.29) is 30.5 Å². The fourth-order valence-electron chi connectivity index (χ4n) is 2.87. The minimum absolute atomic E-state index is 0.00926. The van der Waals surface area contributed by atoms with E-state index in [0.717, 1.165) is 25.0 Å². The van der Waals surface area contributed by atoms with Crippen LogP contribution >= 0.6 is 11.8 Å². The van der Waals surface area contributed by atoms with Crippen LogP contribution in [0.1, 0.15) is 19.3 Å². The summed E-state index contributed by atoms with van der Waals surface area (Å²) in [6.45, 7) is 0.153. The summed E-state index contributed by atoms with van der Waals surface area (Å²) in [5, 5.41) is 3.03. The fourth-order valence-corrected chi connectivity index (χ4v) is 3.78. The first-order valence-corrected chi connectivity index (χ1v) is 8.74. The van der Waals surface area contributed by atoms with Crippen LogP contribution < -0.4 is 10.1 Å². The van der Waals surface area contributed by atoms with Gasteiger partial charge in [0.05, 0.1) is 17.7 Å². The van der Waals surface area contributed by atoms with Crippen molar-refractivity contribution in [1.82, 2.24) is 10.2 Å². The maximum atomic E-state index is 12.1. The Bertz CT molecular complexity index is 537. The third-order valence-electron chi connectivity index (χ3n) is 3.99. The number of amides is 2. The van der Waals surface area contributed by atoms with Gasteiger partial charge in [-0.1, -0.05) is 18.2 Å². The summed E-state index contributed by atoms with van der Waals surface area (Å²) in [5.74, 6) is 1.88. The SMILES string of the molecule is O=C(CN1CSCC1=O)N[C@@H]1CCC[C@H]1Oc1ccccc1. The van der Waals surface area contributed by atoms with Crippen molar-refractivity contribution in [2.45, 2.75) is 31.4 Å². The summed E-state index contributed by atoms with van der Waals surface area (Å²) in [4.78, 5) is 25.3. The normalized spacial score (nSPS) is 24.5. The minimum Gasteiger partial charge on any atom is -0.488 e. The quantitative estimate of drug-likeness (QED) is 0.896. The molecule has 22 heavy (non-hydrogen) atoms. The van der Waals surface area contributed by atoms with E-state index in [2.05, 4.69) is 5.32 Å². The van der Waals surface area contributed by atoms with Crippen LogP contribution in [0.4, 0.5) is 0 Å². The number of benzene rings is 1. The van der Waals surface area contributed by atoms with Crippen LogP contribution in [0.2, 0.25) is 0 Å². The molecule has 3 rings (SSSR count). The molecule has 2 aliphatic rings. The summed E-state index contributed by atoms with van der Waals surface area (Å²) >= 11 is 1.55. The Balaban J connectivity index is 1.52. The van der Waals surface area contributed by atoms with Crippen molar-refractivity contribution in [1.29, 1.82) is 0 Å². The number of hydrogen-bond acceptors (Lipinski definition) is 4. The molecular weight excluding hydrogens is 300 g/mol. The molecule has 118 valence electrons. The number of nitrogens with one attached hydrogen (secondary N) is 1. The number of carbonyl (C=O) groups excluding carboxylic acids is 2. The first-order chi connectivity index (χ1) is 10.7. The standard InChI is InChI=1S/C16H20N2O3S/c19-15(9-18-11-22-10-16(18)20)17-13-7-4-8-14(13)21-12-5-2-1-3-6-12/h1-3,5-6,13-14H,4,7-11H2,(H,17,19)/t13-,14-/m1/s1. The zero-order valence-electron chi connectivity index (χ0n) is 12.4. The van der Waals surface area contributed by atoms with Crippen LogP contribution in [0.15, 0.2) is 30.3 Å². The Morgan fingerprint density at radius 1 is 1.32 bits per heavy atom. The third-order valence-corrected chi connectivity index (χ3v) is 4.93. The maximum absolute atomic E-state index is 12.1. The molecule has 0 aromatic heterocycles. The van der Waals surface area contributed by atoms with Crippen molar-refractivity contribution in [3.05, 3.63) is 30.3 Å². The molecular formula is C16H20N2O3S. The first-order valence-electron chi connectivity index (χ1n) is 7.59. The van der Waals surface area contributed by atoms with E-state index in [1.807, 2.05) is 30.3 Å². The van der Waals surface area contributed by atoms with Crippen molar-refractivity contribution in [3.63, 3.8) is 0 Å². The second-order valence-corrected chi connectivity index (χ2v) is 6.60. The van der Waals surface area contributed by atoms with Crippen molar-refractivity contribution in [2.24, 2.45) is 0 Å². The Morgan fingerprint density at radius 2 is 2.14 bits per heavy atom. The summed E-state index contributed by atoms with van der Waals surface area (Å²) in [5.41, 5.74) is 0. The molecule has 1 aliphatic heterocycles. The molecule has 0 radical (unpaired) electrons. The van der Waals surface area contributed by atoms with E-state index in [4.69, 9.17) is 4.74 Å². The van der Waals surface area contributed by atoms with E-state index in [0.29, 0.717) is 11.6 Å². The second-order valence-electron chi connectivity index (χ2n) is 5.64. The van der Waals surface area contributed by atoms with Crippen LogP contribution in [0, 0.1) is 0 Å². The number of carbonyl (C=O) groups is 2. The molecule has 2 atom stereocenters. The molecule has 0 unspecified atom stereocenters. The van der Waals surface area contributed by atoms with Crippen LogP contribution in [0.25, 0.3) is 0 Å². The van der Waals surface area contributed by atoms with Gasteiger partial charge in [0, 0.05) is 0 Å². The molecule has 1 N–H and O–H groups in total. The van der Waals surface area contributed by atoms with Crippen molar-refractivity contribution < 1.29 is 14.3 Å². The Labute approximate surface area is 134 Å². The third kappa shape index (κ3) is 3.74. The van der Waals surface area contributed by atoms with Crippen molar-refractivity contribution >= 4 is 23.6 Å². The number of rotatable bonds is 5. The zero-order valence-corrected chi connectivity index (χ0v) is 13.2. The van der Waals surface area contributed by atoms with E-state index in [1.54, 1.807) is 16.7 Å². The smallest absolute Gasteiger partial charge is 0.240 e. The van der Waals surface area contributed by atoms with Gasteiger partial charge in [-0.05, 0) is 31.4 Å². The van der Waals surface area contributed by atoms with E-state index < -0.39 is 0 Å². The Kier molecular flexibility index (Phi) is 4.87. The molecule has 1 heterocycles. The Morgan fingerprint density at radius 3 is 2.86 bits per heavy atom. The van der Waals surface area contributed by atoms with Crippen molar-refractivity contribution in [3.8, 4) is 5.75 Å². The number of hydrogen-bond donors (Lipinski definition) is 1. The van der Waals surface area contributed by atoms with Crippen molar-refractivity contribution in [2.75, 3.05) is 18.2 Å². The fraction of sp³-hybridized carbons (Fsp3) is 0.500. The summed E-state index contributed by atoms with van der Waals surface area (Å²) in [6.07, 6.45) is 2.92. The van der Waals surface area contributed by atoms with Gasteiger partial charge in [0.2, 0.25) is 11.8 Å². The number of para-hydroxylation sites is 1. The number of nitrogens with zero attached hydrogens (tertiary/aromatic N) is 1.